The van der Waals surface area contributed by atoms with E-state index < -0.39 is 15.8 Å². The summed E-state index contributed by atoms with van der Waals surface area (Å²) >= 11 is 0. The predicted molar refractivity (Wildman–Crippen MR) is 218 cm³/mol. The van der Waals surface area contributed by atoms with Crippen molar-refractivity contribution < 1.29 is 18.9 Å². The van der Waals surface area contributed by atoms with Crippen LogP contribution in [-0.4, -0.2) is 49.1 Å². The van der Waals surface area contributed by atoms with E-state index in [1.165, 1.54) is 47.9 Å². The largest absolute Gasteiger partial charge is 0.376 e. The Morgan fingerprint density at radius 1 is 0.327 bits per heavy atom. The fraction of sp³-hybridized carbons (Fsp3) is 0.348. The quantitative estimate of drug-likeness (QED) is 0.0842. The molecule has 0 N–H and O–H groups in total. The van der Waals surface area contributed by atoms with Gasteiger partial charge in [0.15, 0.2) is 0 Å². The molecule has 4 atom stereocenters. The molecule has 0 saturated carbocycles. The highest BCUT2D eigenvalue weighted by Gasteiger charge is 2.43. The van der Waals surface area contributed by atoms with Crippen LogP contribution < -0.4 is 10.6 Å². The van der Waals surface area contributed by atoms with E-state index in [0.29, 0.717) is 49.1 Å². The minimum Gasteiger partial charge on any atom is -0.376 e. The molecule has 2 aliphatic rings. The molecule has 7 rings (SSSR count). The Morgan fingerprint density at radius 2 is 0.558 bits per heavy atom. The maximum absolute atomic E-state index is 6.52. The molecule has 0 aliphatic carbocycles. The van der Waals surface area contributed by atoms with Crippen molar-refractivity contribution in [1.82, 2.24) is 0 Å². The molecule has 270 valence electrons. The molecule has 0 unspecified atom stereocenters. The average Bonchev–Trinajstić information content (AvgIpc) is 3.80. The Morgan fingerprint density at radius 3 is 0.808 bits per heavy atom. The van der Waals surface area contributed by atoms with Crippen molar-refractivity contribution in [2.75, 3.05) is 26.4 Å². The third-order valence-electron chi connectivity index (χ3n) is 10.4. The van der Waals surface area contributed by atoms with Crippen molar-refractivity contribution in [3.63, 3.8) is 0 Å². The van der Waals surface area contributed by atoms with Gasteiger partial charge in [0.25, 0.3) is 0 Å². The normalized spacial score (nSPS) is 20.8. The topological polar surface area (TPSA) is 36.9 Å². The van der Waals surface area contributed by atoms with Gasteiger partial charge in [0.2, 0.25) is 0 Å². The number of hydrogen-bond acceptors (Lipinski definition) is 4. The van der Waals surface area contributed by atoms with Gasteiger partial charge in [0, 0.05) is 22.6 Å². The lowest BCUT2D eigenvalue weighted by Crippen LogP contribution is -2.33. The zero-order valence-electron chi connectivity index (χ0n) is 30.2. The Labute approximate surface area is 313 Å². The molecule has 0 amide bonds. The molecule has 2 fully saturated rings. The second kappa shape index (κ2) is 19.8. The Kier molecular flexibility index (Phi) is 14.1. The van der Waals surface area contributed by atoms with Crippen molar-refractivity contribution in [2.45, 2.75) is 74.7 Å². The molecule has 5 aromatic carbocycles. The first kappa shape index (κ1) is 37.1. The summed E-state index contributed by atoms with van der Waals surface area (Å²) in [4.78, 5) is 0. The molecule has 2 aliphatic heterocycles. The lowest BCUT2D eigenvalue weighted by Gasteiger charge is -2.33. The van der Waals surface area contributed by atoms with Crippen LogP contribution in [0.15, 0.2) is 146 Å². The summed E-state index contributed by atoms with van der Waals surface area (Å²) in [7, 11) is -1.03. The van der Waals surface area contributed by atoms with Crippen LogP contribution in [0.3, 0.4) is 0 Å². The molecule has 4 nitrogen and oxygen atoms in total. The second-order valence-corrected chi connectivity index (χ2v) is 19.6. The average molecular weight is 731 g/mol. The van der Waals surface area contributed by atoms with Gasteiger partial charge in [-0.05, 0) is 58.5 Å². The summed E-state index contributed by atoms with van der Waals surface area (Å²) in [5.74, 6) is 0. The lowest BCUT2D eigenvalue weighted by atomic mass is 10.2. The fourth-order valence-corrected chi connectivity index (χ4v) is 15.2. The van der Waals surface area contributed by atoms with Crippen LogP contribution in [0.1, 0.15) is 47.9 Å². The van der Waals surface area contributed by atoms with Gasteiger partial charge in [-0.15, -0.1) is 0 Å². The predicted octanol–water partition coefficient (Wildman–Crippen LogP) is 9.83. The standard InChI is InChI=1S/C46H52O4P2/c1-5-15-37(16-6-1)29-47-33-41-25-26-42(34-48-30-38-17-7-2-8-18-38)51(41)45-23-13-14-24-46(45)52-43(35-49-31-39-19-9-3-10-20-39)27-28-44(52)36-50-32-40-21-11-4-12-22-40/h1-24,41-44H,25-36H2/t41-,42-,43-,44-/m1/s1. The minimum atomic E-state index is -0.517. The zero-order chi connectivity index (χ0) is 35.2. The fourth-order valence-electron chi connectivity index (χ4n) is 7.81. The number of benzene rings is 5. The molecule has 0 radical (unpaired) electrons. The molecular formula is C46H52O4P2. The van der Waals surface area contributed by atoms with Crippen LogP contribution in [0.4, 0.5) is 0 Å². The lowest BCUT2D eigenvalue weighted by molar-refractivity contribution is 0.118. The van der Waals surface area contributed by atoms with E-state index >= 15 is 0 Å². The minimum absolute atomic E-state index is 0.503. The first-order valence-corrected chi connectivity index (χ1v) is 21.9. The van der Waals surface area contributed by atoms with Gasteiger partial charge in [-0.3, -0.25) is 0 Å². The molecule has 2 saturated heterocycles. The Balaban J connectivity index is 1.13. The summed E-state index contributed by atoms with van der Waals surface area (Å²) < 4.78 is 26.1. The monoisotopic (exact) mass is 730 g/mol. The van der Waals surface area contributed by atoms with Gasteiger partial charge in [-0.1, -0.05) is 161 Å². The molecule has 0 aromatic heterocycles. The first-order valence-electron chi connectivity index (χ1n) is 18.9. The molecule has 0 bridgehead atoms. The number of rotatable bonds is 18. The van der Waals surface area contributed by atoms with Crippen molar-refractivity contribution >= 4 is 26.5 Å². The highest BCUT2D eigenvalue weighted by atomic mass is 31.1. The van der Waals surface area contributed by atoms with Crippen LogP contribution in [0, 0.1) is 0 Å². The van der Waals surface area contributed by atoms with Gasteiger partial charge < -0.3 is 18.9 Å². The maximum atomic E-state index is 6.52. The molecule has 52 heavy (non-hydrogen) atoms. The summed E-state index contributed by atoms with van der Waals surface area (Å²) in [6, 6.07) is 51.8. The summed E-state index contributed by atoms with van der Waals surface area (Å²) in [5, 5.41) is 3.15. The van der Waals surface area contributed by atoms with Gasteiger partial charge in [0.05, 0.1) is 52.9 Å². The van der Waals surface area contributed by atoms with Crippen molar-refractivity contribution in [1.29, 1.82) is 0 Å². The van der Waals surface area contributed by atoms with E-state index in [2.05, 4.69) is 146 Å². The van der Waals surface area contributed by atoms with E-state index in [0.717, 1.165) is 26.4 Å². The van der Waals surface area contributed by atoms with Gasteiger partial charge in [-0.25, -0.2) is 0 Å². The number of hydrogen-bond donors (Lipinski definition) is 0. The summed E-state index contributed by atoms with van der Waals surface area (Å²) in [6.07, 6.45) is 4.72. The number of ether oxygens (including phenoxy) is 4. The van der Waals surface area contributed by atoms with Crippen molar-refractivity contribution in [3.8, 4) is 0 Å². The molecule has 2 heterocycles. The summed E-state index contributed by atoms with van der Waals surface area (Å²) in [6.45, 7) is 5.78. The first-order chi connectivity index (χ1) is 25.8. The molecule has 0 spiro atoms. The van der Waals surface area contributed by atoms with Crippen molar-refractivity contribution in [2.24, 2.45) is 0 Å². The van der Waals surface area contributed by atoms with E-state index in [-0.39, 0.29) is 0 Å². The smallest absolute Gasteiger partial charge is 0.0717 e. The Bertz CT molecular complexity index is 1500. The highest BCUT2D eigenvalue weighted by Crippen LogP contribution is 2.59. The van der Waals surface area contributed by atoms with E-state index in [1.54, 1.807) is 10.6 Å². The van der Waals surface area contributed by atoms with Gasteiger partial charge >= 0.3 is 0 Å². The second-order valence-electron chi connectivity index (χ2n) is 14.1. The molecule has 5 aromatic rings. The van der Waals surface area contributed by atoms with Gasteiger partial charge in [-0.2, -0.15) is 0 Å². The van der Waals surface area contributed by atoms with E-state index in [1.807, 2.05) is 0 Å². The van der Waals surface area contributed by atoms with Gasteiger partial charge in [0.1, 0.15) is 0 Å². The highest BCUT2D eigenvalue weighted by molar-refractivity contribution is 7.73. The van der Waals surface area contributed by atoms with Crippen LogP contribution in [0.25, 0.3) is 0 Å². The van der Waals surface area contributed by atoms with Crippen LogP contribution >= 0.6 is 15.8 Å². The Hall–Kier alpha value is -3.20. The third kappa shape index (κ3) is 10.3. The van der Waals surface area contributed by atoms with Crippen LogP contribution in [0.2, 0.25) is 0 Å². The van der Waals surface area contributed by atoms with E-state index in [4.69, 9.17) is 18.9 Å². The third-order valence-corrected chi connectivity index (χ3v) is 17.2. The van der Waals surface area contributed by atoms with Crippen LogP contribution in [0.5, 0.6) is 0 Å². The zero-order valence-corrected chi connectivity index (χ0v) is 32.0. The van der Waals surface area contributed by atoms with E-state index in [9.17, 15) is 0 Å². The maximum Gasteiger partial charge on any atom is 0.0717 e. The molecular weight excluding hydrogens is 678 g/mol. The summed E-state index contributed by atoms with van der Waals surface area (Å²) in [5.41, 5.74) is 6.95. The van der Waals surface area contributed by atoms with Crippen molar-refractivity contribution in [3.05, 3.63) is 168 Å². The molecule has 6 heteroatoms. The van der Waals surface area contributed by atoms with Crippen LogP contribution in [-0.2, 0) is 45.4 Å². The SMILES string of the molecule is c1ccc(COC[C@H]2CC[C@H](COCc3ccccc3)P2c2ccccc2P2[C@@H](COCc3ccccc3)CC[C@@H]2COCc2ccccc2)cc1.